The molecule has 2 N–H and O–H groups in total. The third-order valence-electron chi connectivity index (χ3n) is 2.68. The van der Waals surface area contributed by atoms with E-state index in [1.54, 1.807) is 13.0 Å². The summed E-state index contributed by atoms with van der Waals surface area (Å²) in [4.78, 5) is 1.93. The van der Waals surface area contributed by atoms with Gasteiger partial charge in [0.25, 0.3) is 0 Å². The SMILES string of the molecule is Cc1ccc(F)c(CNCC(C)(O)CN(C)C)c1. The number of rotatable bonds is 6. The van der Waals surface area contributed by atoms with Crippen LogP contribution >= 0.6 is 0 Å². The van der Waals surface area contributed by atoms with Crippen LogP contribution in [0.3, 0.4) is 0 Å². The molecule has 3 nitrogen and oxygen atoms in total. The summed E-state index contributed by atoms with van der Waals surface area (Å²) in [6, 6.07) is 5.05. The zero-order chi connectivity index (χ0) is 13.8. The smallest absolute Gasteiger partial charge is 0.127 e. The zero-order valence-corrected chi connectivity index (χ0v) is 11.6. The highest BCUT2D eigenvalue weighted by Gasteiger charge is 2.20. The van der Waals surface area contributed by atoms with Crippen LogP contribution in [0.2, 0.25) is 0 Å². The minimum atomic E-state index is -0.816. The Kier molecular flexibility index (Phi) is 5.26. The van der Waals surface area contributed by atoms with E-state index in [9.17, 15) is 9.50 Å². The number of likely N-dealkylation sites (N-methyl/N-ethyl adjacent to an activating group) is 1. The van der Waals surface area contributed by atoms with Crippen molar-refractivity contribution in [1.82, 2.24) is 10.2 Å². The van der Waals surface area contributed by atoms with Gasteiger partial charge >= 0.3 is 0 Å². The van der Waals surface area contributed by atoms with Crippen LogP contribution in [0.5, 0.6) is 0 Å². The fourth-order valence-corrected chi connectivity index (χ4v) is 2.04. The van der Waals surface area contributed by atoms with Gasteiger partial charge in [-0.25, -0.2) is 4.39 Å². The van der Waals surface area contributed by atoms with E-state index in [0.717, 1.165) is 5.56 Å². The molecule has 0 aliphatic carbocycles. The maximum Gasteiger partial charge on any atom is 0.127 e. The quantitative estimate of drug-likeness (QED) is 0.808. The van der Waals surface area contributed by atoms with Crippen molar-refractivity contribution in [3.63, 3.8) is 0 Å². The van der Waals surface area contributed by atoms with Crippen LogP contribution in [-0.2, 0) is 6.54 Å². The van der Waals surface area contributed by atoms with Crippen LogP contribution in [0.15, 0.2) is 18.2 Å². The molecule has 0 aromatic heterocycles. The molecule has 1 rings (SSSR count). The normalized spacial score (nSPS) is 14.8. The molecule has 0 amide bonds. The minimum Gasteiger partial charge on any atom is -0.388 e. The van der Waals surface area contributed by atoms with Crippen molar-refractivity contribution in [2.45, 2.75) is 26.0 Å². The molecule has 0 bridgehead atoms. The van der Waals surface area contributed by atoms with Gasteiger partial charge in [-0.1, -0.05) is 17.7 Å². The second-order valence-electron chi connectivity index (χ2n) is 5.43. The standard InChI is InChI=1S/C14H23FN2O/c1-11-5-6-13(15)12(7-11)8-16-9-14(2,18)10-17(3)4/h5-7,16,18H,8-10H2,1-4H3. The molecule has 4 heteroatoms. The Labute approximate surface area is 109 Å². The van der Waals surface area contributed by atoms with Gasteiger partial charge in [0.2, 0.25) is 0 Å². The summed E-state index contributed by atoms with van der Waals surface area (Å²) in [5.41, 5.74) is 0.855. The zero-order valence-electron chi connectivity index (χ0n) is 11.6. The van der Waals surface area contributed by atoms with Gasteiger partial charge in [0.15, 0.2) is 0 Å². The van der Waals surface area contributed by atoms with Crippen molar-refractivity contribution in [3.8, 4) is 0 Å². The second kappa shape index (κ2) is 6.27. The largest absolute Gasteiger partial charge is 0.388 e. The number of nitrogens with zero attached hydrogens (tertiary/aromatic N) is 1. The van der Waals surface area contributed by atoms with E-state index >= 15 is 0 Å². The van der Waals surface area contributed by atoms with Gasteiger partial charge in [-0.3, -0.25) is 0 Å². The minimum absolute atomic E-state index is 0.208. The Bertz CT molecular complexity index is 391. The van der Waals surface area contributed by atoms with Gasteiger partial charge in [-0.05, 0) is 34.0 Å². The lowest BCUT2D eigenvalue weighted by Gasteiger charge is -2.27. The van der Waals surface area contributed by atoms with Gasteiger partial charge in [-0.2, -0.15) is 0 Å². The van der Waals surface area contributed by atoms with Gasteiger partial charge < -0.3 is 15.3 Å². The molecule has 0 aliphatic heterocycles. The number of hydrogen-bond donors (Lipinski definition) is 2. The molecule has 0 saturated heterocycles. The number of hydrogen-bond acceptors (Lipinski definition) is 3. The lowest BCUT2D eigenvalue weighted by atomic mass is 10.1. The van der Waals surface area contributed by atoms with E-state index in [1.165, 1.54) is 6.07 Å². The number of halogens is 1. The molecule has 1 atom stereocenters. The first-order valence-electron chi connectivity index (χ1n) is 6.13. The summed E-state index contributed by atoms with van der Waals surface area (Å²) < 4.78 is 13.5. The molecule has 0 spiro atoms. The summed E-state index contributed by atoms with van der Waals surface area (Å²) in [6.45, 7) is 5.13. The summed E-state index contributed by atoms with van der Waals surface area (Å²) in [5, 5.41) is 13.2. The maximum absolute atomic E-state index is 13.5. The maximum atomic E-state index is 13.5. The van der Waals surface area contributed by atoms with Crippen molar-refractivity contribution in [2.24, 2.45) is 0 Å². The fourth-order valence-electron chi connectivity index (χ4n) is 2.04. The summed E-state index contributed by atoms with van der Waals surface area (Å²) in [7, 11) is 3.82. The lowest BCUT2D eigenvalue weighted by molar-refractivity contribution is 0.0335. The van der Waals surface area contributed by atoms with Gasteiger partial charge in [-0.15, -0.1) is 0 Å². The average molecular weight is 254 g/mol. The van der Waals surface area contributed by atoms with Crippen LogP contribution in [-0.4, -0.2) is 42.8 Å². The van der Waals surface area contributed by atoms with Gasteiger partial charge in [0.1, 0.15) is 5.82 Å². The molecule has 1 aromatic rings. The Morgan fingerprint density at radius 3 is 2.67 bits per heavy atom. The predicted molar refractivity (Wildman–Crippen MR) is 72.0 cm³/mol. The van der Waals surface area contributed by atoms with Crippen molar-refractivity contribution >= 4 is 0 Å². The van der Waals surface area contributed by atoms with Crippen LogP contribution in [0, 0.1) is 12.7 Å². The van der Waals surface area contributed by atoms with Crippen LogP contribution < -0.4 is 5.32 Å². The van der Waals surface area contributed by atoms with E-state index < -0.39 is 5.60 Å². The molecule has 0 fully saturated rings. The highest BCUT2D eigenvalue weighted by Crippen LogP contribution is 2.10. The van der Waals surface area contributed by atoms with Crippen molar-refractivity contribution < 1.29 is 9.50 Å². The fraction of sp³-hybridized carbons (Fsp3) is 0.571. The Morgan fingerprint density at radius 1 is 1.39 bits per heavy atom. The van der Waals surface area contributed by atoms with Crippen LogP contribution in [0.1, 0.15) is 18.1 Å². The Hall–Kier alpha value is -0.970. The van der Waals surface area contributed by atoms with Gasteiger partial charge in [0, 0.05) is 25.2 Å². The molecule has 0 aliphatic rings. The first kappa shape index (κ1) is 15.1. The molecule has 0 heterocycles. The molecular weight excluding hydrogens is 231 g/mol. The molecule has 102 valence electrons. The number of aryl methyl sites for hydroxylation is 1. The second-order valence-corrected chi connectivity index (χ2v) is 5.43. The first-order valence-corrected chi connectivity index (χ1v) is 6.13. The summed E-state index contributed by atoms with van der Waals surface area (Å²) in [6.07, 6.45) is 0. The highest BCUT2D eigenvalue weighted by atomic mass is 19.1. The first-order chi connectivity index (χ1) is 8.30. The van der Waals surface area contributed by atoms with E-state index in [4.69, 9.17) is 0 Å². The Morgan fingerprint density at radius 2 is 2.06 bits per heavy atom. The molecule has 1 unspecified atom stereocenters. The van der Waals surface area contributed by atoms with Crippen molar-refractivity contribution in [2.75, 3.05) is 27.2 Å². The number of nitrogens with one attached hydrogen (secondary N) is 1. The number of benzene rings is 1. The average Bonchev–Trinajstić information content (AvgIpc) is 2.21. The topological polar surface area (TPSA) is 35.5 Å². The van der Waals surface area contributed by atoms with Crippen LogP contribution in [0.25, 0.3) is 0 Å². The predicted octanol–water partition coefficient (Wildman–Crippen LogP) is 1.54. The van der Waals surface area contributed by atoms with Gasteiger partial charge in [0.05, 0.1) is 5.60 Å². The third-order valence-corrected chi connectivity index (χ3v) is 2.68. The molecule has 1 aromatic carbocycles. The highest BCUT2D eigenvalue weighted by molar-refractivity contribution is 5.23. The van der Waals surface area contributed by atoms with E-state index in [2.05, 4.69) is 5.32 Å². The third kappa shape index (κ3) is 5.12. The monoisotopic (exact) mass is 254 g/mol. The molecular formula is C14H23FN2O. The van der Waals surface area contributed by atoms with Crippen LogP contribution in [0.4, 0.5) is 4.39 Å². The van der Waals surface area contributed by atoms with E-state index in [-0.39, 0.29) is 5.82 Å². The van der Waals surface area contributed by atoms with Crippen molar-refractivity contribution in [3.05, 3.63) is 35.1 Å². The molecule has 0 radical (unpaired) electrons. The summed E-state index contributed by atoms with van der Waals surface area (Å²) >= 11 is 0. The van der Waals surface area contributed by atoms with E-state index in [1.807, 2.05) is 32.0 Å². The summed E-state index contributed by atoms with van der Waals surface area (Å²) in [5.74, 6) is -0.208. The molecule has 0 saturated carbocycles. The lowest BCUT2D eigenvalue weighted by Crippen LogP contribution is -2.45. The Balaban J connectivity index is 2.48. The molecule has 18 heavy (non-hydrogen) atoms. The number of aliphatic hydroxyl groups is 1. The van der Waals surface area contributed by atoms with E-state index in [0.29, 0.717) is 25.2 Å². The van der Waals surface area contributed by atoms with Crippen molar-refractivity contribution in [1.29, 1.82) is 0 Å².